The van der Waals surface area contributed by atoms with Crippen LogP contribution in [0.25, 0.3) is 0 Å². The number of nitrogens with one attached hydrogen (secondary N) is 1. The minimum Gasteiger partial charge on any atom is -0.361 e. The summed E-state index contributed by atoms with van der Waals surface area (Å²) in [6.07, 6.45) is 0. The number of aryl methyl sites for hydroxylation is 5. The molecule has 3 rings (SSSR count). The van der Waals surface area contributed by atoms with E-state index in [0.29, 0.717) is 11.3 Å². The molecule has 1 N–H and O–H groups in total. The van der Waals surface area contributed by atoms with Crippen molar-refractivity contribution in [1.29, 1.82) is 0 Å². The van der Waals surface area contributed by atoms with Crippen LogP contribution in [-0.2, 0) is 10.5 Å². The van der Waals surface area contributed by atoms with E-state index in [9.17, 15) is 9.59 Å². The van der Waals surface area contributed by atoms with Crippen LogP contribution in [0.15, 0.2) is 45.8 Å². The first-order valence-electron chi connectivity index (χ1n) is 10.4. The number of aromatic nitrogens is 1. The molecular weight excluding hydrogens is 422 g/mol. The summed E-state index contributed by atoms with van der Waals surface area (Å²) in [4.78, 5) is 28.1. The Bertz CT molecular complexity index is 1110. The molecule has 1 aromatic heterocycles. The van der Waals surface area contributed by atoms with Gasteiger partial charge >= 0.3 is 0 Å². The second kappa shape index (κ2) is 10.0. The SMILES string of the molecule is Cc1cc(C)c(NC(=O)CN(C)C(=O)c2ccccc2SCc2c(C)noc2C)c(C)c1. The van der Waals surface area contributed by atoms with E-state index in [4.69, 9.17) is 4.52 Å². The summed E-state index contributed by atoms with van der Waals surface area (Å²) in [6.45, 7) is 9.73. The summed E-state index contributed by atoms with van der Waals surface area (Å²) in [6, 6.07) is 11.5. The monoisotopic (exact) mass is 451 g/mol. The average molecular weight is 452 g/mol. The number of rotatable bonds is 7. The van der Waals surface area contributed by atoms with E-state index in [1.165, 1.54) is 4.90 Å². The van der Waals surface area contributed by atoms with E-state index >= 15 is 0 Å². The number of hydrogen-bond acceptors (Lipinski definition) is 5. The number of anilines is 1. The fourth-order valence-electron chi connectivity index (χ4n) is 3.68. The minimum atomic E-state index is -0.225. The van der Waals surface area contributed by atoms with Crippen LogP contribution in [0, 0.1) is 34.6 Å². The number of hydrogen-bond donors (Lipinski definition) is 1. The lowest BCUT2D eigenvalue weighted by atomic mass is 10.1. The summed E-state index contributed by atoms with van der Waals surface area (Å²) < 4.78 is 5.23. The van der Waals surface area contributed by atoms with Gasteiger partial charge in [-0.15, -0.1) is 11.8 Å². The molecule has 0 spiro atoms. The molecule has 7 heteroatoms. The average Bonchev–Trinajstić information content (AvgIpc) is 3.06. The van der Waals surface area contributed by atoms with E-state index in [2.05, 4.69) is 10.5 Å². The molecule has 0 aliphatic carbocycles. The molecule has 2 aromatic carbocycles. The lowest BCUT2D eigenvalue weighted by Gasteiger charge is -2.20. The largest absolute Gasteiger partial charge is 0.361 e. The molecule has 0 fully saturated rings. The second-order valence-electron chi connectivity index (χ2n) is 8.07. The molecule has 0 unspecified atom stereocenters. The maximum atomic E-state index is 13.1. The van der Waals surface area contributed by atoms with E-state index in [1.807, 2.05) is 65.0 Å². The Morgan fingerprint density at radius 3 is 2.34 bits per heavy atom. The van der Waals surface area contributed by atoms with Crippen molar-refractivity contribution in [3.05, 3.63) is 75.7 Å². The van der Waals surface area contributed by atoms with Crippen LogP contribution in [0.4, 0.5) is 5.69 Å². The van der Waals surface area contributed by atoms with Gasteiger partial charge in [0.05, 0.1) is 17.8 Å². The van der Waals surface area contributed by atoms with Gasteiger partial charge in [-0.2, -0.15) is 0 Å². The third-order valence-corrected chi connectivity index (χ3v) is 6.44. The summed E-state index contributed by atoms with van der Waals surface area (Å²) >= 11 is 1.56. The zero-order valence-electron chi connectivity index (χ0n) is 19.4. The fourth-order valence-corrected chi connectivity index (χ4v) is 4.87. The standard InChI is InChI=1S/C25H29N3O3S/c1-15-11-16(2)24(17(3)12-15)26-23(29)13-28(6)25(30)20-9-7-8-10-22(20)32-14-21-18(4)27-31-19(21)5/h7-12H,13-14H2,1-6H3,(H,26,29). The van der Waals surface area contributed by atoms with Crippen molar-refractivity contribution >= 4 is 29.3 Å². The lowest BCUT2D eigenvalue weighted by molar-refractivity contribution is -0.116. The molecule has 1 heterocycles. The van der Waals surface area contributed by atoms with Crippen LogP contribution < -0.4 is 5.32 Å². The molecule has 0 bridgehead atoms. The summed E-state index contributed by atoms with van der Waals surface area (Å²) in [5.74, 6) is 1.02. The smallest absolute Gasteiger partial charge is 0.255 e. The normalized spacial score (nSPS) is 10.8. The number of carbonyl (C=O) groups excluding carboxylic acids is 2. The van der Waals surface area contributed by atoms with Gasteiger partial charge in [0.1, 0.15) is 5.76 Å². The third kappa shape index (κ3) is 5.40. The Kier molecular flexibility index (Phi) is 7.40. The molecule has 168 valence electrons. The zero-order chi connectivity index (χ0) is 23.4. The van der Waals surface area contributed by atoms with Gasteiger partial charge in [0.15, 0.2) is 0 Å². The van der Waals surface area contributed by atoms with Gasteiger partial charge in [0.2, 0.25) is 5.91 Å². The predicted octanol–water partition coefficient (Wildman–Crippen LogP) is 5.22. The van der Waals surface area contributed by atoms with Crippen LogP contribution in [0.5, 0.6) is 0 Å². The van der Waals surface area contributed by atoms with Gasteiger partial charge in [0.25, 0.3) is 5.91 Å². The van der Waals surface area contributed by atoms with E-state index in [1.54, 1.807) is 24.9 Å². The molecule has 0 radical (unpaired) electrons. The van der Waals surface area contributed by atoms with Gasteiger partial charge in [0, 0.05) is 28.9 Å². The maximum absolute atomic E-state index is 13.1. The van der Waals surface area contributed by atoms with Crippen molar-refractivity contribution in [3.63, 3.8) is 0 Å². The lowest BCUT2D eigenvalue weighted by Crippen LogP contribution is -2.35. The Morgan fingerprint density at radius 2 is 1.72 bits per heavy atom. The van der Waals surface area contributed by atoms with Crippen molar-refractivity contribution in [1.82, 2.24) is 10.1 Å². The number of thioether (sulfide) groups is 1. The molecule has 6 nitrogen and oxygen atoms in total. The summed E-state index contributed by atoms with van der Waals surface area (Å²) in [7, 11) is 1.65. The first-order valence-corrected chi connectivity index (χ1v) is 11.4. The highest BCUT2D eigenvalue weighted by atomic mass is 32.2. The van der Waals surface area contributed by atoms with Gasteiger partial charge < -0.3 is 14.7 Å². The highest BCUT2D eigenvalue weighted by Gasteiger charge is 2.20. The predicted molar refractivity (Wildman–Crippen MR) is 128 cm³/mol. The Labute approximate surface area is 193 Å². The summed E-state index contributed by atoms with van der Waals surface area (Å²) in [5, 5.41) is 6.95. The number of amides is 2. The summed E-state index contributed by atoms with van der Waals surface area (Å²) in [5.41, 5.74) is 6.43. The van der Waals surface area contributed by atoms with Crippen molar-refractivity contribution in [3.8, 4) is 0 Å². The Balaban J connectivity index is 1.69. The molecular formula is C25H29N3O3S. The highest BCUT2D eigenvalue weighted by molar-refractivity contribution is 7.98. The topological polar surface area (TPSA) is 75.4 Å². The van der Waals surface area contributed by atoms with Crippen molar-refractivity contribution < 1.29 is 14.1 Å². The van der Waals surface area contributed by atoms with Crippen molar-refractivity contribution in [2.75, 3.05) is 18.9 Å². The van der Waals surface area contributed by atoms with E-state index in [-0.39, 0.29) is 18.4 Å². The number of nitrogens with zero attached hydrogens (tertiary/aromatic N) is 2. The van der Waals surface area contributed by atoms with Crippen LogP contribution in [0.3, 0.4) is 0 Å². The second-order valence-corrected chi connectivity index (χ2v) is 9.09. The first kappa shape index (κ1) is 23.6. The van der Waals surface area contributed by atoms with E-state index in [0.717, 1.165) is 44.3 Å². The molecule has 0 aliphatic rings. The highest BCUT2D eigenvalue weighted by Crippen LogP contribution is 2.29. The fraction of sp³-hybridized carbons (Fsp3) is 0.320. The van der Waals surface area contributed by atoms with Crippen LogP contribution in [0.1, 0.15) is 44.1 Å². The molecule has 3 aromatic rings. The maximum Gasteiger partial charge on any atom is 0.255 e. The van der Waals surface area contributed by atoms with Crippen LogP contribution >= 0.6 is 11.8 Å². The molecule has 2 amide bonds. The van der Waals surface area contributed by atoms with Gasteiger partial charge in [-0.3, -0.25) is 9.59 Å². The number of carbonyl (C=O) groups is 2. The Morgan fingerprint density at radius 1 is 1.06 bits per heavy atom. The van der Waals surface area contributed by atoms with Gasteiger partial charge in [-0.1, -0.05) is 35.0 Å². The molecule has 0 atom stereocenters. The third-order valence-electron chi connectivity index (χ3n) is 5.34. The molecule has 32 heavy (non-hydrogen) atoms. The van der Waals surface area contributed by atoms with E-state index < -0.39 is 0 Å². The number of likely N-dealkylation sites (N-methyl/N-ethyl adjacent to an activating group) is 1. The molecule has 0 aliphatic heterocycles. The van der Waals surface area contributed by atoms with Gasteiger partial charge in [-0.25, -0.2) is 0 Å². The number of benzene rings is 2. The Hall–Kier alpha value is -3.06. The van der Waals surface area contributed by atoms with Gasteiger partial charge in [-0.05, 0) is 57.9 Å². The zero-order valence-corrected chi connectivity index (χ0v) is 20.2. The van der Waals surface area contributed by atoms with Crippen molar-refractivity contribution in [2.45, 2.75) is 45.3 Å². The quantitative estimate of drug-likeness (QED) is 0.499. The molecule has 0 saturated carbocycles. The molecule has 0 saturated heterocycles. The minimum absolute atomic E-state index is 0.0333. The van der Waals surface area contributed by atoms with Crippen LogP contribution in [0.2, 0.25) is 0 Å². The van der Waals surface area contributed by atoms with Crippen molar-refractivity contribution in [2.24, 2.45) is 0 Å². The first-order chi connectivity index (χ1) is 15.2. The van der Waals surface area contributed by atoms with Crippen LogP contribution in [-0.4, -0.2) is 35.5 Å².